The third-order valence-corrected chi connectivity index (χ3v) is 3.28. The summed E-state index contributed by atoms with van der Waals surface area (Å²) < 4.78 is 16.0. The zero-order valence-electron chi connectivity index (χ0n) is 11.5. The number of furan rings is 2. The van der Waals surface area contributed by atoms with Gasteiger partial charge in [-0.05, 0) is 18.2 Å². The molecule has 0 fully saturated rings. The van der Waals surface area contributed by atoms with Crippen molar-refractivity contribution >= 4 is 16.9 Å². The Bertz CT molecular complexity index is 697. The quantitative estimate of drug-likeness (QED) is 0.782. The highest BCUT2D eigenvalue weighted by atomic mass is 16.5. The number of carbonyl (C=O) groups excluding carboxylic acids is 1. The third kappa shape index (κ3) is 2.83. The van der Waals surface area contributed by atoms with Gasteiger partial charge in [-0.2, -0.15) is 0 Å². The summed E-state index contributed by atoms with van der Waals surface area (Å²) >= 11 is 0. The molecule has 3 rings (SSSR count). The maximum Gasteiger partial charge on any atom is 0.254 e. The van der Waals surface area contributed by atoms with Crippen LogP contribution >= 0.6 is 0 Å². The number of para-hydroxylation sites is 1. The van der Waals surface area contributed by atoms with Crippen LogP contribution in [0.2, 0.25) is 0 Å². The molecule has 108 valence electrons. The first-order valence-corrected chi connectivity index (χ1v) is 6.59. The van der Waals surface area contributed by atoms with Crippen LogP contribution in [0.5, 0.6) is 0 Å². The third-order valence-electron chi connectivity index (χ3n) is 3.28. The molecule has 0 bridgehead atoms. The van der Waals surface area contributed by atoms with E-state index in [0.29, 0.717) is 17.9 Å². The highest BCUT2D eigenvalue weighted by molar-refractivity contribution is 5.93. The van der Waals surface area contributed by atoms with Crippen LogP contribution in [0.15, 0.2) is 57.8 Å². The molecule has 0 spiro atoms. The number of methoxy groups -OCH3 is 1. The van der Waals surface area contributed by atoms with Gasteiger partial charge in [0.25, 0.3) is 5.91 Å². The van der Waals surface area contributed by atoms with Gasteiger partial charge in [-0.25, -0.2) is 0 Å². The van der Waals surface area contributed by atoms with Crippen molar-refractivity contribution in [3.8, 4) is 0 Å². The summed E-state index contributed by atoms with van der Waals surface area (Å²) in [6, 6.07) is 11.3. The van der Waals surface area contributed by atoms with E-state index in [-0.39, 0.29) is 12.0 Å². The standard InChI is InChI=1S/C16H15NO4/c1-19-15(9-17-16(18)12-6-7-20-10-12)14-8-11-4-2-3-5-13(11)21-14/h2-8,10,15H,9H2,1H3,(H,17,18)/t15-/m1/s1. The molecule has 0 aliphatic carbocycles. The van der Waals surface area contributed by atoms with E-state index in [1.54, 1.807) is 13.2 Å². The fraction of sp³-hybridized carbons (Fsp3) is 0.188. The molecule has 5 nitrogen and oxygen atoms in total. The van der Waals surface area contributed by atoms with Crippen LogP contribution in [0.3, 0.4) is 0 Å². The lowest BCUT2D eigenvalue weighted by molar-refractivity contribution is 0.0747. The normalized spacial score (nSPS) is 12.4. The van der Waals surface area contributed by atoms with Crippen LogP contribution in [-0.4, -0.2) is 19.6 Å². The van der Waals surface area contributed by atoms with Crippen LogP contribution in [0.4, 0.5) is 0 Å². The van der Waals surface area contributed by atoms with Crippen LogP contribution in [0.1, 0.15) is 22.2 Å². The molecule has 0 saturated heterocycles. The van der Waals surface area contributed by atoms with Crippen molar-refractivity contribution in [2.24, 2.45) is 0 Å². The van der Waals surface area contributed by atoms with E-state index in [1.165, 1.54) is 12.5 Å². The molecule has 0 radical (unpaired) electrons. The molecular formula is C16H15NO4. The number of amides is 1. The lowest BCUT2D eigenvalue weighted by atomic mass is 10.2. The summed E-state index contributed by atoms with van der Waals surface area (Å²) in [4.78, 5) is 11.9. The van der Waals surface area contributed by atoms with Crippen LogP contribution in [0.25, 0.3) is 11.0 Å². The van der Waals surface area contributed by atoms with E-state index in [1.807, 2.05) is 30.3 Å². The van der Waals surface area contributed by atoms with Gasteiger partial charge < -0.3 is 18.9 Å². The first-order chi connectivity index (χ1) is 10.3. The van der Waals surface area contributed by atoms with Gasteiger partial charge >= 0.3 is 0 Å². The molecule has 1 N–H and O–H groups in total. The number of benzene rings is 1. The SMILES string of the molecule is CO[C@H](CNC(=O)c1ccoc1)c1cc2ccccc2o1. The Labute approximate surface area is 121 Å². The predicted octanol–water partition coefficient (Wildman–Crippen LogP) is 3.14. The molecule has 0 aliphatic heterocycles. The Morgan fingerprint density at radius 1 is 1.33 bits per heavy atom. The number of nitrogens with one attached hydrogen (secondary N) is 1. The molecule has 0 saturated carbocycles. The predicted molar refractivity (Wildman–Crippen MR) is 77.0 cm³/mol. The average molecular weight is 285 g/mol. The first kappa shape index (κ1) is 13.5. The van der Waals surface area contributed by atoms with Crippen molar-refractivity contribution in [2.45, 2.75) is 6.10 Å². The molecule has 2 aromatic heterocycles. The van der Waals surface area contributed by atoms with E-state index >= 15 is 0 Å². The second kappa shape index (κ2) is 5.85. The summed E-state index contributed by atoms with van der Waals surface area (Å²) in [5, 5.41) is 3.80. The lowest BCUT2D eigenvalue weighted by Crippen LogP contribution is -2.28. The van der Waals surface area contributed by atoms with Crippen LogP contribution in [0, 0.1) is 0 Å². The first-order valence-electron chi connectivity index (χ1n) is 6.59. The molecule has 0 aliphatic rings. The molecule has 3 aromatic rings. The Morgan fingerprint density at radius 3 is 2.90 bits per heavy atom. The molecule has 1 atom stereocenters. The van der Waals surface area contributed by atoms with Gasteiger partial charge in [-0.3, -0.25) is 4.79 Å². The van der Waals surface area contributed by atoms with Gasteiger partial charge in [-0.15, -0.1) is 0 Å². The van der Waals surface area contributed by atoms with Gasteiger partial charge in [-0.1, -0.05) is 18.2 Å². The van der Waals surface area contributed by atoms with E-state index in [0.717, 1.165) is 11.0 Å². The average Bonchev–Trinajstić information content (AvgIpc) is 3.17. The van der Waals surface area contributed by atoms with Crippen molar-refractivity contribution < 1.29 is 18.4 Å². The van der Waals surface area contributed by atoms with Gasteiger partial charge in [0.1, 0.15) is 23.7 Å². The van der Waals surface area contributed by atoms with Crippen molar-refractivity contribution in [3.63, 3.8) is 0 Å². The van der Waals surface area contributed by atoms with Gasteiger partial charge in [0.05, 0.1) is 18.4 Å². The van der Waals surface area contributed by atoms with Crippen LogP contribution in [-0.2, 0) is 4.74 Å². The fourth-order valence-electron chi connectivity index (χ4n) is 2.14. The number of hydrogen-bond acceptors (Lipinski definition) is 4. The van der Waals surface area contributed by atoms with E-state index in [4.69, 9.17) is 13.6 Å². The number of carbonyl (C=O) groups is 1. The minimum absolute atomic E-state index is 0.207. The largest absolute Gasteiger partial charge is 0.472 e. The van der Waals surface area contributed by atoms with Crippen LogP contribution < -0.4 is 5.32 Å². The Balaban J connectivity index is 1.71. The topological polar surface area (TPSA) is 64.6 Å². The van der Waals surface area contributed by atoms with E-state index in [2.05, 4.69) is 5.32 Å². The minimum atomic E-state index is -0.340. The van der Waals surface area contributed by atoms with Gasteiger partial charge in [0, 0.05) is 12.5 Å². The monoisotopic (exact) mass is 285 g/mol. The summed E-state index contributed by atoms with van der Waals surface area (Å²) in [7, 11) is 1.59. The molecule has 5 heteroatoms. The maximum atomic E-state index is 11.9. The molecule has 1 aromatic carbocycles. The molecule has 0 unspecified atom stereocenters. The highest BCUT2D eigenvalue weighted by Gasteiger charge is 2.17. The second-order valence-corrected chi connectivity index (χ2v) is 4.63. The summed E-state index contributed by atoms with van der Waals surface area (Å²) in [5.74, 6) is 0.480. The van der Waals surface area contributed by atoms with Gasteiger partial charge in [0.2, 0.25) is 0 Å². The number of rotatable bonds is 5. The number of hydrogen-bond donors (Lipinski definition) is 1. The second-order valence-electron chi connectivity index (χ2n) is 4.63. The zero-order valence-corrected chi connectivity index (χ0v) is 11.5. The number of fused-ring (bicyclic) bond motifs is 1. The van der Waals surface area contributed by atoms with Gasteiger partial charge in [0.15, 0.2) is 0 Å². The maximum absolute atomic E-state index is 11.9. The highest BCUT2D eigenvalue weighted by Crippen LogP contribution is 2.25. The minimum Gasteiger partial charge on any atom is -0.472 e. The summed E-state index contributed by atoms with van der Waals surface area (Å²) in [6.45, 7) is 0.320. The summed E-state index contributed by atoms with van der Waals surface area (Å²) in [6.07, 6.45) is 2.52. The van der Waals surface area contributed by atoms with Crippen molar-refractivity contribution in [2.75, 3.05) is 13.7 Å². The Kier molecular flexibility index (Phi) is 3.75. The van der Waals surface area contributed by atoms with E-state index in [9.17, 15) is 4.79 Å². The number of ether oxygens (including phenoxy) is 1. The van der Waals surface area contributed by atoms with Crippen molar-refractivity contribution in [1.82, 2.24) is 5.32 Å². The molecular weight excluding hydrogens is 270 g/mol. The molecule has 1 amide bonds. The fourth-order valence-corrected chi connectivity index (χ4v) is 2.14. The van der Waals surface area contributed by atoms with Crippen molar-refractivity contribution in [1.29, 1.82) is 0 Å². The molecule has 2 heterocycles. The Hall–Kier alpha value is -2.53. The smallest absolute Gasteiger partial charge is 0.254 e. The zero-order chi connectivity index (χ0) is 14.7. The summed E-state index contributed by atoms with van der Waals surface area (Å²) in [5.41, 5.74) is 1.28. The van der Waals surface area contributed by atoms with Crippen molar-refractivity contribution in [3.05, 3.63) is 60.2 Å². The lowest BCUT2D eigenvalue weighted by Gasteiger charge is -2.13. The molecule has 21 heavy (non-hydrogen) atoms. The Morgan fingerprint density at radius 2 is 2.19 bits per heavy atom. The van der Waals surface area contributed by atoms with E-state index < -0.39 is 0 Å².